The first-order valence-corrected chi connectivity index (χ1v) is 32.0. The van der Waals surface area contributed by atoms with Gasteiger partial charge in [-0.25, -0.2) is 0 Å². The Hall–Kier alpha value is -11.8. The molecule has 0 radical (unpaired) electrons. The second-order valence-electron chi connectivity index (χ2n) is 23.4. The molecule has 0 saturated heterocycles. The van der Waals surface area contributed by atoms with Gasteiger partial charge in [0.15, 0.2) is 0 Å². The Bertz CT molecular complexity index is 4380. The van der Waals surface area contributed by atoms with E-state index in [9.17, 15) is 0 Å². The minimum atomic E-state index is 0.302. The van der Waals surface area contributed by atoms with Crippen LogP contribution in [0.4, 0.5) is 68.2 Å². The van der Waals surface area contributed by atoms with Gasteiger partial charge in [0, 0.05) is 96.1 Å². The normalized spacial score (nSPS) is 12.7. The number of allylic oxidation sites excluding steroid dienone is 2. The van der Waals surface area contributed by atoms with E-state index in [0.29, 0.717) is 6.04 Å². The summed E-state index contributed by atoms with van der Waals surface area (Å²) >= 11 is 0. The van der Waals surface area contributed by atoms with Crippen LogP contribution in [0, 0.1) is 0 Å². The number of methoxy groups -OCH3 is 6. The lowest BCUT2D eigenvalue weighted by Gasteiger charge is -2.27. The van der Waals surface area contributed by atoms with E-state index >= 15 is 0 Å². The third kappa shape index (κ3) is 12.4. The van der Waals surface area contributed by atoms with Gasteiger partial charge in [0.25, 0.3) is 0 Å². The van der Waals surface area contributed by atoms with Gasteiger partial charge in [-0.05, 0) is 272 Å². The molecule has 0 bridgehead atoms. The molecule has 12 aromatic carbocycles. The average Bonchev–Trinajstić information content (AvgIpc) is 1.59. The highest BCUT2D eigenvalue weighted by Crippen LogP contribution is 2.46. The van der Waals surface area contributed by atoms with Gasteiger partial charge in [-0.1, -0.05) is 60.7 Å². The fraction of sp³-hybridized carbons (Fsp3) is 0.119. The Morgan fingerprint density at radius 1 is 0.253 bits per heavy atom. The van der Waals surface area contributed by atoms with Crippen molar-refractivity contribution in [3.8, 4) is 56.8 Å². The predicted molar refractivity (Wildman–Crippen MR) is 390 cm³/mol. The van der Waals surface area contributed by atoms with Crippen LogP contribution in [0.5, 0.6) is 34.5 Å². The van der Waals surface area contributed by atoms with Crippen molar-refractivity contribution < 1.29 is 28.4 Å². The number of nitrogens with zero attached hydrogens (tertiary/aromatic N) is 5. The molecule has 0 fully saturated rings. The quantitative estimate of drug-likeness (QED) is 0.0650. The summed E-state index contributed by atoms with van der Waals surface area (Å²) in [6.07, 6.45) is 7.74. The van der Waals surface area contributed by atoms with Crippen molar-refractivity contribution in [3.05, 3.63) is 291 Å². The third-order valence-electron chi connectivity index (χ3n) is 18.0. The first-order chi connectivity index (χ1) is 46.8. The molecular weight excluding hydrogens is 1170 g/mol. The summed E-state index contributed by atoms with van der Waals surface area (Å²) in [6.45, 7) is 0. The van der Waals surface area contributed by atoms with Crippen LogP contribution in [0.3, 0.4) is 0 Å². The molecule has 0 N–H and O–H groups in total. The summed E-state index contributed by atoms with van der Waals surface area (Å²) in [6, 6.07) is 98.8. The van der Waals surface area contributed by atoms with E-state index in [4.69, 9.17) is 28.4 Å². The number of fused-ring (bicyclic) bond motifs is 3. The van der Waals surface area contributed by atoms with Crippen LogP contribution in [0.1, 0.15) is 25.3 Å². The average molecular weight is 1250 g/mol. The Morgan fingerprint density at radius 2 is 0.463 bits per heavy atom. The zero-order valence-electron chi connectivity index (χ0n) is 54.1. The lowest BCUT2D eigenvalue weighted by atomic mass is 10.0. The summed E-state index contributed by atoms with van der Waals surface area (Å²) in [4.78, 5) is 9.17. The standard InChI is InChI=1S/C84H73N5O6/c1-90-75-42-28-67(29-43-75)85(68-30-44-76(91-2)45-31-68)63-20-12-58(13-21-63)60-16-24-65(25-17-60)87(71-36-50-79(94-5)51-37-71)73-40-54-83-81(56-73)82-57-74(41-55-84(82)89(83)62-10-8-7-9-11-62)88(72-38-52-80(95-6)53-39-72)66-26-18-61(19-27-66)59-14-22-64(23-15-59)86(69-32-46-77(92-3)47-33-69)70-34-48-78(93-4)49-35-70/h7-8,12-57,62H,9-11H2,1-6H3. The molecule has 11 nitrogen and oxygen atoms in total. The molecule has 1 aromatic heterocycles. The Kier molecular flexibility index (Phi) is 17.4. The Balaban J connectivity index is 0.821. The smallest absolute Gasteiger partial charge is 0.119 e. The molecule has 1 unspecified atom stereocenters. The minimum Gasteiger partial charge on any atom is -0.497 e. The van der Waals surface area contributed by atoms with Crippen molar-refractivity contribution in [1.29, 1.82) is 0 Å². The van der Waals surface area contributed by atoms with Gasteiger partial charge in [-0.15, -0.1) is 0 Å². The van der Waals surface area contributed by atoms with E-state index in [1.807, 2.05) is 72.8 Å². The molecule has 95 heavy (non-hydrogen) atoms. The highest BCUT2D eigenvalue weighted by Gasteiger charge is 2.24. The fourth-order valence-corrected chi connectivity index (χ4v) is 13.1. The van der Waals surface area contributed by atoms with Gasteiger partial charge in [0.05, 0.1) is 42.7 Å². The molecule has 0 saturated carbocycles. The molecule has 1 aliphatic rings. The molecule has 0 aliphatic heterocycles. The van der Waals surface area contributed by atoms with E-state index in [1.54, 1.807) is 42.7 Å². The van der Waals surface area contributed by atoms with Crippen molar-refractivity contribution in [2.45, 2.75) is 25.3 Å². The number of rotatable bonds is 21. The maximum absolute atomic E-state index is 5.71. The molecule has 0 amide bonds. The van der Waals surface area contributed by atoms with Crippen LogP contribution in [0.2, 0.25) is 0 Å². The van der Waals surface area contributed by atoms with Gasteiger partial charge >= 0.3 is 0 Å². The van der Waals surface area contributed by atoms with Gasteiger partial charge in [-0.2, -0.15) is 0 Å². The van der Waals surface area contributed by atoms with Crippen LogP contribution >= 0.6 is 0 Å². The van der Waals surface area contributed by atoms with Gasteiger partial charge < -0.3 is 52.6 Å². The monoisotopic (exact) mass is 1250 g/mol. The van der Waals surface area contributed by atoms with E-state index in [0.717, 1.165) is 144 Å². The Labute approximate surface area is 555 Å². The van der Waals surface area contributed by atoms with Crippen molar-refractivity contribution in [1.82, 2.24) is 4.57 Å². The highest BCUT2D eigenvalue weighted by molar-refractivity contribution is 6.11. The first kappa shape index (κ1) is 60.7. The van der Waals surface area contributed by atoms with Crippen molar-refractivity contribution >= 4 is 90.1 Å². The number of hydrogen-bond donors (Lipinski definition) is 0. The molecule has 11 heteroatoms. The van der Waals surface area contributed by atoms with Crippen molar-refractivity contribution in [2.75, 3.05) is 62.3 Å². The lowest BCUT2D eigenvalue weighted by Crippen LogP contribution is -2.11. The molecule has 13 aromatic rings. The number of anilines is 12. The van der Waals surface area contributed by atoms with Gasteiger partial charge in [-0.3, -0.25) is 0 Å². The third-order valence-corrected chi connectivity index (χ3v) is 18.0. The first-order valence-electron chi connectivity index (χ1n) is 32.0. The summed E-state index contributed by atoms with van der Waals surface area (Å²) < 4.78 is 36.1. The molecule has 1 aliphatic carbocycles. The second-order valence-corrected chi connectivity index (χ2v) is 23.4. The molecule has 1 heterocycles. The largest absolute Gasteiger partial charge is 0.497 e. The highest BCUT2D eigenvalue weighted by atomic mass is 16.5. The van der Waals surface area contributed by atoms with Gasteiger partial charge in [0.2, 0.25) is 0 Å². The SMILES string of the molecule is COc1ccc(N(c2ccc(OC)cc2)c2ccc(-c3ccc(N(c4ccc(OC)cc4)c4ccc5c(c4)c4cc(N(c6ccc(OC)cc6)c6ccc(-c7ccc(N(c8ccc(OC)cc8)c8ccc(OC)cc8)cc7)cc6)ccc4n5C4CC=CCC4)cc3)cc2)cc1. The molecule has 470 valence electrons. The number of benzene rings is 12. The van der Waals surface area contributed by atoms with E-state index in [-0.39, 0.29) is 0 Å². The second kappa shape index (κ2) is 27.2. The minimum absolute atomic E-state index is 0.302. The van der Waals surface area contributed by atoms with E-state index < -0.39 is 0 Å². The van der Waals surface area contributed by atoms with Crippen LogP contribution in [0.15, 0.2) is 291 Å². The molecule has 0 spiro atoms. The zero-order valence-corrected chi connectivity index (χ0v) is 54.1. The van der Waals surface area contributed by atoms with Crippen molar-refractivity contribution in [3.63, 3.8) is 0 Å². The molecule has 1 atom stereocenters. The van der Waals surface area contributed by atoms with E-state index in [2.05, 4.69) is 243 Å². The molecular formula is C84H73N5O6. The zero-order chi connectivity index (χ0) is 64.8. The van der Waals surface area contributed by atoms with Crippen LogP contribution in [-0.2, 0) is 0 Å². The van der Waals surface area contributed by atoms with Gasteiger partial charge in [0.1, 0.15) is 34.5 Å². The summed E-state index contributed by atoms with van der Waals surface area (Å²) in [5.41, 5.74) is 19.1. The fourth-order valence-electron chi connectivity index (χ4n) is 13.1. The predicted octanol–water partition coefficient (Wildman–Crippen LogP) is 22.3. The number of hydrogen-bond acceptors (Lipinski definition) is 10. The van der Waals surface area contributed by atoms with Crippen LogP contribution < -0.4 is 48.0 Å². The summed E-state index contributed by atoms with van der Waals surface area (Å²) in [7, 11) is 10.2. The molecule has 14 rings (SSSR count). The Morgan fingerprint density at radius 3 is 0.674 bits per heavy atom. The van der Waals surface area contributed by atoms with Crippen molar-refractivity contribution in [2.24, 2.45) is 0 Å². The van der Waals surface area contributed by atoms with Crippen LogP contribution in [0.25, 0.3) is 44.1 Å². The summed E-state index contributed by atoms with van der Waals surface area (Å²) in [5, 5.41) is 2.35. The number of ether oxygens (including phenoxy) is 6. The van der Waals surface area contributed by atoms with E-state index in [1.165, 1.54) is 21.8 Å². The lowest BCUT2D eigenvalue weighted by molar-refractivity contribution is 0.414. The maximum atomic E-state index is 5.71. The topological polar surface area (TPSA) is 73.3 Å². The maximum Gasteiger partial charge on any atom is 0.119 e. The van der Waals surface area contributed by atoms with Crippen LogP contribution in [-0.4, -0.2) is 47.2 Å². The summed E-state index contributed by atoms with van der Waals surface area (Å²) in [5.74, 6) is 4.79. The number of aromatic nitrogens is 1.